The van der Waals surface area contributed by atoms with E-state index in [-0.39, 0.29) is 18.4 Å². The molecule has 2 aromatic carbocycles. The molecule has 0 aromatic heterocycles. The van der Waals surface area contributed by atoms with E-state index < -0.39 is 47.9 Å². The highest BCUT2D eigenvalue weighted by Crippen LogP contribution is 2.36. The minimum absolute atomic E-state index is 0.0439. The van der Waals surface area contributed by atoms with Gasteiger partial charge in [-0.2, -0.15) is 0 Å². The van der Waals surface area contributed by atoms with Crippen molar-refractivity contribution in [2.45, 2.75) is 57.8 Å². The predicted molar refractivity (Wildman–Crippen MR) is 115 cm³/mol. The molecule has 9 heteroatoms. The van der Waals surface area contributed by atoms with E-state index in [2.05, 4.69) is 5.32 Å². The molecule has 0 unspecified atom stereocenters. The molecule has 0 radical (unpaired) electrons. The Morgan fingerprint density at radius 3 is 2.00 bits per heavy atom. The van der Waals surface area contributed by atoms with Gasteiger partial charge in [-0.05, 0) is 56.4 Å². The van der Waals surface area contributed by atoms with Gasteiger partial charge in [-0.15, -0.1) is 0 Å². The van der Waals surface area contributed by atoms with Crippen LogP contribution in [-0.2, 0) is 31.7 Å². The summed E-state index contributed by atoms with van der Waals surface area (Å²) in [6.07, 6.45) is -0.290. The van der Waals surface area contributed by atoms with Crippen LogP contribution in [0.15, 0.2) is 42.5 Å². The van der Waals surface area contributed by atoms with Crippen LogP contribution in [0.4, 0.5) is 8.78 Å². The van der Waals surface area contributed by atoms with Crippen LogP contribution in [0.3, 0.4) is 0 Å². The van der Waals surface area contributed by atoms with Crippen molar-refractivity contribution in [1.82, 2.24) is 5.32 Å². The molecule has 170 valence electrons. The van der Waals surface area contributed by atoms with Gasteiger partial charge >= 0.3 is 13.1 Å². The number of halogens is 2. The topological polar surface area (TPSA) is 84.9 Å². The van der Waals surface area contributed by atoms with E-state index >= 15 is 0 Å². The molecule has 1 saturated heterocycles. The summed E-state index contributed by atoms with van der Waals surface area (Å²) in [7, 11) is -0.532. The number of carbonyl (C=O) groups is 2. The van der Waals surface area contributed by atoms with E-state index in [0.29, 0.717) is 11.6 Å². The van der Waals surface area contributed by atoms with Crippen LogP contribution >= 0.6 is 0 Å². The number of carbonyl (C=O) groups excluding carboxylic acids is 1. The van der Waals surface area contributed by atoms with Gasteiger partial charge in [0, 0.05) is 12.5 Å². The highest BCUT2D eigenvalue weighted by atomic mass is 19.1. The van der Waals surface area contributed by atoms with E-state index in [1.54, 1.807) is 24.3 Å². The standard InChI is InChI=1S/C23H26BF2NO5/c1-22(2)23(3,4)32-24(31-22)16-7-5-14(6-8-16)11-19(21(29)30)27-20(28)12-15-9-17(25)13-18(26)10-15/h5-10,13,19H,11-12H2,1-4H3,(H,27,28)(H,29,30)/t19-/m1/s1. The van der Waals surface area contributed by atoms with Gasteiger partial charge < -0.3 is 19.7 Å². The SMILES string of the molecule is CC1(C)OB(c2ccc(C[C@@H](NC(=O)Cc3cc(F)cc(F)c3)C(=O)O)cc2)OC1(C)C. The molecule has 1 atom stereocenters. The Hall–Kier alpha value is -2.78. The average molecular weight is 445 g/mol. The van der Waals surface area contributed by atoms with Gasteiger partial charge in [-0.25, -0.2) is 13.6 Å². The fraction of sp³-hybridized carbons (Fsp3) is 0.391. The summed E-state index contributed by atoms with van der Waals surface area (Å²) >= 11 is 0. The van der Waals surface area contributed by atoms with E-state index in [9.17, 15) is 23.5 Å². The summed E-state index contributed by atoms with van der Waals surface area (Å²) < 4.78 is 38.6. The zero-order valence-electron chi connectivity index (χ0n) is 18.4. The Balaban J connectivity index is 1.63. The quantitative estimate of drug-likeness (QED) is 0.641. The highest BCUT2D eigenvalue weighted by molar-refractivity contribution is 6.62. The second-order valence-corrected chi connectivity index (χ2v) is 8.95. The van der Waals surface area contributed by atoms with Gasteiger partial charge in [0.15, 0.2) is 0 Å². The van der Waals surface area contributed by atoms with Gasteiger partial charge in [0.1, 0.15) is 17.7 Å². The molecule has 1 amide bonds. The Kier molecular flexibility index (Phi) is 6.71. The summed E-state index contributed by atoms with van der Waals surface area (Å²) in [4.78, 5) is 23.9. The van der Waals surface area contributed by atoms with Crippen molar-refractivity contribution in [3.8, 4) is 0 Å². The maximum Gasteiger partial charge on any atom is 0.494 e. The summed E-state index contributed by atoms with van der Waals surface area (Å²) in [5.74, 6) is -3.45. The number of carboxylic acid groups (broad SMARTS) is 1. The predicted octanol–water partition coefficient (Wildman–Crippen LogP) is 2.62. The maximum atomic E-state index is 13.3. The molecule has 3 rings (SSSR count). The first-order valence-electron chi connectivity index (χ1n) is 10.3. The van der Waals surface area contributed by atoms with Crippen LogP contribution in [0.2, 0.25) is 0 Å². The first-order valence-corrected chi connectivity index (χ1v) is 10.3. The van der Waals surface area contributed by atoms with Crippen LogP contribution in [0.25, 0.3) is 0 Å². The number of amides is 1. The first kappa shape index (κ1) is 23.9. The summed E-state index contributed by atoms with van der Waals surface area (Å²) in [5, 5.41) is 11.9. The second-order valence-electron chi connectivity index (χ2n) is 8.95. The minimum atomic E-state index is -1.21. The molecular weight excluding hydrogens is 419 g/mol. The molecule has 0 bridgehead atoms. The monoisotopic (exact) mass is 445 g/mol. The van der Waals surface area contributed by atoms with Crippen molar-refractivity contribution in [1.29, 1.82) is 0 Å². The third kappa shape index (κ3) is 5.52. The van der Waals surface area contributed by atoms with Crippen LogP contribution < -0.4 is 10.8 Å². The Morgan fingerprint density at radius 2 is 1.50 bits per heavy atom. The smallest absolute Gasteiger partial charge is 0.480 e. The fourth-order valence-electron chi connectivity index (χ4n) is 3.37. The zero-order valence-corrected chi connectivity index (χ0v) is 18.4. The summed E-state index contributed by atoms with van der Waals surface area (Å²) in [6, 6.07) is 8.69. The Morgan fingerprint density at radius 1 is 0.969 bits per heavy atom. The largest absolute Gasteiger partial charge is 0.494 e. The zero-order chi connectivity index (χ0) is 23.7. The van der Waals surface area contributed by atoms with Gasteiger partial charge in [-0.3, -0.25) is 4.79 Å². The molecule has 32 heavy (non-hydrogen) atoms. The van der Waals surface area contributed by atoms with Crippen molar-refractivity contribution in [2.24, 2.45) is 0 Å². The fourth-order valence-corrected chi connectivity index (χ4v) is 3.37. The molecule has 1 aliphatic heterocycles. The summed E-state index contributed by atoms with van der Waals surface area (Å²) in [5.41, 5.74) is 0.668. The lowest BCUT2D eigenvalue weighted by Crippen LogP contribution is -2.43. The molecule has 6 nitrogen and oxygen atoms in total. The van der Waals surface area contributed by atoms with Crippen LogP contribution in [0, 0.1) is 11.6 Å². The maximum absolute atomic E-state index is 13.3. The van der Waals surface area contributed by atoms with Crippen LogP contribution in [-0.4, -0.2) is 41.3 Å². The Labute approximate surface area is 186 Å². The lowest BCUT2D eigenvalue weighted by atomic mass is 9.78. The molecular formula is C23H26BF2NO5. The van der Waals surface area contributed by atoms with Crippen molar-refractivity contribution in [3.63, 3.8) is 0 Å². The third-order valence-corrected chi connectivity index (χ3v) is 5.87. The molecule has 0 aliphatic carbocycles. The molecule has 2 N–H and O–H groups in total. The van der Waals surface area contributed by atoms with Crippen molar-refractivity contribution in [3.05, 3.63) is 65.2 Å². The first-order chi connectivity index (χ1) is 14.9. The lowest BCUT2D eigenvalue weighted by Gasteiger charge is -2.32. The number of aliphatic carboxylic acids is 1. The van der Waals surface area contributed by atoms with Gasteiger partial charge in [0.05, 0.1) is 17.6 Å². The Bertz CT molecular complexity index is 974. The number of hydrogen-bond acceptors (Lipinski definition) is 4. The van der Waals surface area contributed by atoms with Crippen LogP contribution in [0.5, 0.6) is 0 Å². The number of carboxylic acids is 1. The third-order valence-electron chi connectivity index (χ3n) is 5.87. The van der Waals surface area contributed by atoms with E-state index in [1.165, 1.54) is 0 Å². The van der Waals surface area contributed by atoms with Crippen LogP contribution in [0.1, 0.15) is 38.8 Å². The van der Waals surface area contributed by atoms with Gasteiger partial charge in [0.25, 0.3) is 0 Å². The average Bonchev–Trinajstić information content (AvgIpc) is 2.88. The van der Waals surface area contributed by atoms with Gasteiger partial charge in [-0.1, -0.05) is 24.3 Å². The molecule has 1 fully saturated rings. The number of benzene rings is 2. The van der Waals surface area contributed by atoms with Crippen molar-refractivity contribution in [2.75, 3.05) is 0 Å². The van der Waals surface area contributed by atoms with Crippen molar-refractivity contribution >= 4 is 24.5 Å². The van der Waals surface area contributed by atoms with E-state index in [4.69, 9.17) is 9.31 Å². The second kappa shape index (κ2) is 9.00. The lowest BCUT2D eigenvalue weighted by molar-refractivity contribution is -0.141. The molecule has 0 spiro atoms. The van der Waals surface area contributed by atoms with E-state index in [0.717, 1.165) is 17.6 Å². The number of nitrogens with one attached hydrogen (secondary N) is 1. The number of hydrogen-bond donors (Lipinski definition) is 2. The molecule has 0 saturated carbocycles. The van der Waals surface area contributed by atoms with E-state index in [1.807, 2.05) is 27.7 Å². The number of rotatable bonds is 7. The summed E-state index contributed by atoms with van der Waals surface area (Å²) in [6.45, 7) is 7.83. The molecule has 2 aromatic rings. The normalized spacial score (nSPS) is 17.8. The highest BCUT2D eigenvalue weighted by Gasteiger charge is 2.51. The van der Waals surface area contributed by atoms with Gasteiger partial charge in [0.2, 0.25) is 5.91 Å². The van der Waals surface area contributed by atoms with Crippen molar-refractivity contribution < 1.29 is 32.8 Å². The minimum Gasteiger partial charge on any atom is -0.480 e. The molecule has 1 heterocycles. The molecule has 1 aliphatic rings.